The molecule has 2 aromatic carbocycles. The van der Waals surface area contributed by atoms with Crippen LogP contribution in [0.2, 0.25) is 0 Å². The number of hydrogen-bond donors (Lipinski definition) is 3. The van der Waals surface area contributed by atoms with E-state index in [4.69, 9.17) is 0 Å². The number of alkyl halides is 3. The molecule has 0 amide bonds. The average Bonchev–Trinajstić information content (AvgIpc) is 2.86. The number of nitrogens with one attached hydrogen (secondary N) is 3. The largest absolute Gasteiger partial charge is 0.417 e. The van der Waals surface area contributed by atoms with Crippen molar-refractivity contribution in [1.82, 2.24) is 14.7 Å². The van der Waals surface area contributed by atoms with E-state index in [2.05, 4.69) is 25.3 Å². The standard InChI is InChI=1S/C24H28F3N5O2S/c1-28-22-18-6-2-4-8-20(18)31-23(32-22)29-14-16-10-12-17(13-11-16)15-30-35(33,34)21-9-5-3-7-19(21)24(25,26)27/h2-9,16-17,30H,10-15H2,1H3,(H2,28,29,31,32)/t16-,17-. The summed E-state index contributed by atoms with van der Waals surface area (Å²) >= 11 is 0. The number of benzene rings is 2. The van der Waals surface area contributed by atoms with Gasteiger partial charge in [-0.2, -0.15) is 18.2 Å². The molecule has 0 aliphatic heterocycles. The molecule has 0 atom stereocenters. The minimum atomic E-state index is -4.74. The summed E-state index contributed by atoms with van der Waals surface area (Å²) in [7, 11) is -2.45. The van der Waals surface area contributed by atoms with Crippen LogP contribution in [-0.4, -0.2) is 38.5 Å². The Morgan fingerprint density at radius 3 is 2.23 bits per heavy atom. The maximum atomic E-state index is 13.2. The fourth-order valence-corrected chi connectivity index (χ4v) is 5.80. The summed E-state index contributed by atoms with van der Waals surface area (Å²) in [5.74, 6) is 1.75. The van der Waals surface area contributed by atoms with Crippen LogP contribution in [0.25, 0.3) is 10.9 Å². The molecule has 0 saturated heterocycles. The van der Waals surface area contributed by atoms with Crippen molar-refractivity contribution in [1.29, 1.82) is 0 Å². The van der Waals surface area contributed by atoms with Gasteiger partial charge in [-0.3, -0.25) is 0 Å². The van der Waals surface area contributed by atoms with Crippen molar-refractivity contribution in [3.63, 3.8) is 0 Å². The summed E-state index contributed by atoms with van der Waals surface area (Å²) in [6.07, 6.45) is -1.40. The highest BCUT2D eigenvalue weighted by molar-refractivity contribution is 7.89. The van der Waals surface area contributed by atoms with E-state index in [0.717, 1.165) is 54.5 Å². The summed E-state index contributed by atoms with van der Waals surface area (Å²) in [5, 5.41) is 7.35. The second-order valence-corrected chi connectivity index (χ2v) is 10.5. The number of sulfonamides is 1. The first-order chi connectivity index (χ1) is 16.7. The van der Waals surface area contributed by atoms with E-state index in [1.165, 1.54) is 12.1 Å². The van der Waals surface area contributed by atoms with E-state index in [0.29, 0.717) is 18.4 Å². The molecule has 0 radical (unpaired) electrons. The first-order valence-corrected chi connectivity index (χ1v) is 13.0. The molecular weight excluding hydrogens is 479 g/mol. The molecule has 4 rings (SSSR count). The van der Waals surface area contributed by atoms with Crippen LogP contribution in [0.1, 0.15) is 31.2 Å². The van der Waals surface area contributed by atoms with Crippen LogP contribution in [0.15, 0.2) is 53.4 Å². The number of anilines is 2. The molecule has 0 spiro atoms. The molecule has 1 aliphatic rings. The molecule has 1 aromatic heterocycles. The van der Waals surface area contributed by atoms with E-state index in [9.17, 15) is 21.6 Å². The van der Waals surface area contributed by atoms with Gasteiger partial charge in [-0.25, -0.2) is 18.1 Å². The molecule has 3 aromatic rings. The minimum absolute atomic E-state index is 0.0758. The predicted molar refractivity (Wildman–Crippen MR) is 130 cm³/mol. The Balaban J connectivity index is 1.30. The topological polar surface area (TPSA) is 96.0 Å². The predicted octanol–water partition coefficient (Wildman–Crippen LogP) is 4.89. The van der Waals surface area contributed by atoms with E-state index in [1.807, 2.05) is 31.3 Å². The van der Waals surface area contributed by atoms with Crippen molar-refractivity contribution in [2.24, 2.45) is 11.8 Å². The lowest BCUT2D eigenvalue weighted by molar-refractivity contribution is -0.139. The first kappa shape index (κ1) is 25.2. The average molecular weight is 508 g/mol. The van der Waals surface area contributed by atoms with Crippen LogP contribution in [0.5, 0.6) is 0 Å². The molecular formula is C24H28F3N5O2S. The number of aromatic nitrogens is 2. The van der Waals surface area contributed by atoms with E-state index >= 15 is 0 Å². The van der Waals surface area contributed by atoms with Crippen molar-refractivity contribution in [3.05, 3.63) is 54.1 Å². The van der Waals surface area contributed by atoms with Gasteiger partial charge in [0.25, 0.3) is 0 Å². The van der Waals surface area contributed by atoms with Gasteiger partial charge in [0.05, 0.1) is 16.0 Å². The lowest BCUT2D eigenvalue weighted by Gasteiger charge is -2.29. The van der Waals surface area contributed by atoms with Crippen LogP contribution in [0.4, 0.5) is 24.9 Å². The van der Waals surface area contributed by atoms with Gasteiger partial charge < -0.3 is 10.6 Å². The SMILES string of the molecule is CNc1nc(NC[C@H]2CC[C@H](CNS(=O)(=O)c3ccccc3C(F)(F)F)CC2)nc2ccccc12. The molecule has 3 N–H and O–H groups in total. The van der Waals surface area contributed by atoms with Gasteiger partial charge >= 0.3 is 6.18 Å². The van der Waals surface area contributed by atoms with Crippen molar-refractivity contribution >= 4 is 32.7 Å². The highest BCUT2D eigenvalue weighted by Crippen LogP contribution is 2.34. The van der Waals surface area contributed by atoms with Crippen LogP contribution >= 0.6 is 0 Å². The van der Waals surface area contributed by atoms with E-state index in [1.54, 1.807) is 0 Å². The maximum absolute atomic E-state index is 13.2. The lowest BCUT2D eigenvalue weighted by atomic mass is 9.82. The number of nitrogens with zero attached hydrogens (tertiary/aromatic N) is 2. The van der Waals surface area contributed by atoms with Crippen molar-refractivity contribution < 1.29 is 21.6 Å². The molecule has 1 saturated carbocycles. The maximum Gasteiger partial charge on any atom is 0.417 e. The second-order valence-electron chi connectivity index (χ2n) is 8.78. The number of para-hydroxylation sites is 1. The normalized spacial score (nSPS) is 19.0. The number of halogens is 3. The molecule has 1 heterocycles. The Labute approximate surface area is 202 Å². The third-order valence-corrected chi connectivity index (χ3v) is 7.88. The van der Waals surface area contributed by atoms with Gasteiger partial charge in [0, 0.05) is 25.5 Å². The number of hydrogen-bond acceptors (Lipinski definition) is 6. The second kappa shape index (κ2) is 10.4. The van der Waals surface area contributed by atoms with Gasteiger partial charge in [0.1, 0.15) is 5.82 Å². The zero-order chi connectivity index (χ0) is 25.1. The monoisotopic (exact) mass is 507 g/mol. The Kier molecular flexibility index (Phi) is 7.46. The van der Waals surface area contributed by atoms with Crippen molar-refractivity contribution in [2.45, 2.75) is 36.8 Å². The highest BCUT2D eigenvalue weighted by Gasteiger charge is 2.37. The Hall–Kier alpha value is -2.92. The third-order valence-electron chi connectivity index (χ3n) is 6.40. The molecule has 7 nitrogen and oxygen atoms in total. The van der Waals surface area contributed by atoms with Gasteiger partial charge in [-0.1, -0.05) is 24.3 Å². The van der Waals surface area contributed by atoms with Gasteiger partial charge in [-0.15, -0.1) is 0 Å². The van der Waals surface area contributed by atoms with Crippen LogP contribution in [0, 0.1) is 11.8 Å². The van der Waals surface area contributed by atoms with Gasteiger partial charge in [-0.05, 0) is 61.8 Å². The first-order valence-electron chi connectivity index (χ1n) is 11.5. The number of fused-ring (bicyclic) bond motifs is 1. The smallest absolute Gasteiger partial charge is 0.372 e. The van der Waals surface area contributed by atoms with Crippen LogP contribution in [-0.2, 0) is 16.2 Å². The molecule has 0 unspecified atom stereocenters. The Bertz CT molecular complexity index is 1280. The fraction of sp³-hybridized carbons (Fsp3) is 0.417. The Morgan fingerprint density at radius 2 is 1.54 bits per heavy atom. The van der Waals surface area contributed by atoms with Gasteiger partial charge in [0.2, 0.25) is 16.0 Å². The van der Waals surface area contributed by atoms with E-state index in [-0.39, 0.29) is 12.5 Å². The minimum Gasteiger partial charge on any atom is -0.372 e. The quantitative estimate of drug-likeness (QED) is 0.402. The van der Waals surface area contributed by atoms with E-state index < -0.39 is 26.7 Å². The molecule has 0 bridgehead atoms. The number of rotatable bonds is 8. The summed E-state index contributed by atoms with van der Waals surface area (Å²) < 4.78 is 67.2. The summed E-state index contributed by atoms with van der Waals surface area (Å²) in [6.45, 7) is 0.812. The molecule has 35 heavy (non-hydrogen) atoms. The molecule has 1 fully saturated rings. The molecule has 1 aliphatic carbocycles. The van der Waals surface area contributed by atoms with Crippen molar-refractivity contribution in [3.8, 4) is 0 Å². The zero-order valence-electron chi connectivity index (χ0n) is 19.3. The van der Waals surface area contributed by atoms with Crippen molar-refractivity contribution in [2.75, 3.05) is 30.8 Å². The third kappa shape index (κ3) is 6.02. The Morgan fingerprint density at radius 1 is 0.914 bits per heavy atom. The fourth-order valence-electron chi connectivity index (χ4n) is 4.46. The van der Waals surface area contributed by atoms with Crippen LogP contribution < -0.4 is 15.4 Å². The highest BCUT2D eigenvalue weighted by atomic mass is 32.2. The molecule has 11 heteroatoms. The summed E-state index contributed by atoms with van der Waals surface area (Å²) in [6, 6.07) is 12.0. The summed E-state index contributed by atoms with van der Waals surface area (Å²) in [5.41, 5.74) is -0.308. The van der Waals surface area contributed by atoms with Gasteiger partial charge in [0.15, 0.2) is 0 Å². The zero-order valence-corrected chi connectivity index (χ0v) is 20.1. The van der Waals surface area contributed by atoms with Crippen LogP contribution in [0.3, 0.4) is 0 Å². The lowest BCUT2D eigenvalue weighted by Crippen LogP contribution is -2.33. The summed E-state index contributed by atoms with van der Waals surface area (Å²) in [4.78, 5) is 8.38. The molecule has 188 valence electrons.